The van der Waals surface area contributed by atoms with E-state index in [2.05, 4.69) is 4.98 Å². The van der Waals surface area contributed by atoms with E-state index in [1.165, 1.54) is 0 Å². The van der Waals surface area contributed by atoms with Crippen molar-refractivity contribution in [3.05, 3.63) is 53.6 Å². The zero-order valence-electron chi connectivity index (χ0n) is 15.7. The summed E-state index contributed by atoms with van der Waals surface area (Å²) in [5.74, 6) is 2.43. The Morgan fingerprint density at radius 2 is 2.15 bits per heavy atom. The fourth-order valence-corrected chi connectivity index (χ4v) is 3.48. The van der Waals surface area contributed by atoms with Gasteiger partial charge in [0, 0.05) is 29.9 Å². The van der Waals surface area contributed by atoms with Crippen molar-refractivity contribution in [1.82, 2.24) is 9.88 Å². The molecule has 0 bridgehead atoms. The number of ether oxygens (including phenoxy) is 2. The third kappa shape index (κ3) is 3.45. The molecule has 1 saturated heterocycles. The Morgan fingerprint density at radius 3 is 2.93 bits per heavy atom. The second kappa shape index (κ2) is 7.48. The Balaban J connectivity index is 1.62. The molecule has 1 aromatic carbocycles. The summed E-state index contributed by atoms with van der Waals surface area (Å²) in [4.78, 5) is 18.3. The molecule has 0 aliphatic carbocycles. The van der Waals surface area contributed by atoms with Gasteiger partial charge in [-0.05, 0) is 37.3 Å². The summed E-state index contributed by atoms with van der Waals surface area (Å²) in [5, 5.41) is 0.984. The van der Waals surface area contributed by atoms with Gasteiger partial charge in [-0.1, -0.05) is 6.92 Å². The number of H-pyrrole nitrogens is 1. The van der Waals surface area contributed by atoms with E-state index in [4.69, 9.17) is 13.9 Å². The Bertz CT molecular complexity index is 943. The molecular weight excluding hydrogens is 344 g/mol. The number of nitrogens with zero attached hydrogens (tertiary/aromatic N) is 1. The van der Waals surface area contributed by atoms with Crippen LogP contribution in [0.25, 0.3) is 10.9 Å². The number of carbonyl (C=O) groups is 1. The number of furan rings is 1. The van der Waals surface area contributed by atoms with Gasteiger partial charge < -0.3 is 23.8 Å². The second-order valence-electron chi connectivity index (χ2n) is 6.61. The molecule has 3 heterocycles. The van der Waals surface area contributed by atoms with E-state index in [0.29, 0.717) is 32.1 Å². The van der Waals surface area contributed by atoms with Gasteiger partial charge in [0.2, 0.25) is 0 Å². The summed E-state index contributed by atoms with van der Waals surface area (Å²) >= 11 is 0. The van der Waals surface area contributed by atoms with Crippen LogP contribution in [-0.4, -0.2) is 42.2 Å². The van der Waals surface area contributed by atoms with Crippen molar-refractivity contribution in [1.29, 1.82) is 0 Å². The molecule has 1 aliphatic heterocycles. The number of benzene rings is 1. The van der Waals surface area contributed by atoms with E-state index in [0.717, 1.165) is 34.6 Å². The fraction of sp³-hybridized carbons (Fsp3) is 0.381. The average Bonchev–Trinajstić information content (AvgIpc) is 3.34. The number of fused-ring (bicyclic) bond motifs is 1. The quantitative estimate of drug-likeness (QED) is 0.741. The van der Waals surface area contributed by atoms with Crippen molar-refractivity contribution in [3.63, 3.8) is 0 Å². The van der Waals surface area contributed by atoms with Crippen LogP contribution in [0.15, 0.2) is 40.8 Å². The van der Waals surface area contributed by atoms with Crippen LogP contribution >= 0.6 is 0 Å². The minimum Gasteiger partial charge on any atom is -0.494 e. The van der Waals surface area contributed by atoms with Crippen molar-refractivity contribution >= 4 is 16.8 Å². The highest BCUT2D eigenvalue weighted by molar-refractivity contribution is 5.98. The van der Waals surface area contributed by atoms with E-state index < -0.39 is 0 Å². The van der Waals surface area contributed by atoms with Gasteiger partial charge in [-0.15, -0.1) is 0 Å². The lowest BCUT2D eigenvalue weighted by atomic mass is 10.1. The molecule has 0 radical (unpaired) electrons. The lowest BCUT2D eigenvalue weighted by molar-refractivity contribution is -0.00925. The molecule has 2 aromatic heterocycles. The summed E-state index contributed by atoms with van der Waals surface area (Å²) in [5.41, 5.74) is 1.45. The van der Waals surface area contributed by atoms with E-state index in [-0.39, 0.29) is 11.9 Å². The molecule has 1 N–H and O–H groups in total. The standard InChI is InChI=1S/C21H24N2O4/c1-3-15-7-8-20(27-15)19-13-25-10-9-23(19)21(24)18-11-14-5-6-16(26-4-2)12-17(14)22-18/h5-8,11-12,19,22H,3-4,9-10,13H2,1-2H3. The molecule has 1 unspecified atom stereocenters. The highest BCUT2D eigenvalue weighted by Gasteiger charge is 2.32. The summed E-state index contributed by atoms with van der Waals surface area (Å²) in [6, 6.07) is 11.4. The maximum absolute atomic E-state index is 13.2. The monoisotopic (exact) mass is 368 g/mol. The lowest BCUT2D eigenvalue weighted by Gasteiger charge is -2.34. The molecule has 1 atom stereocenters. The molecule has 0 saturated carbocycles. The number of rotatable bonds is 5. The maximum Gasteiger partial charge on any atom is 0.271 e. The first-order valence-corrected chi connectivity index (χ1v) is 9.42. The van der Waals surface area contributed by atoms with Crippen molar-refractivity contribution in [3.8, 4) is 5.75 Å². The summed E-state index contributed by atoms with van der Waals surface area (Å²) in [6.45, 7) is 6.10. The number of hydrogen-bond donors (Lipinski definition) is 1. The van der Waals surface area contributed by atoms with Crippen LogP contribution in [0, 0.1) is 0 Å². The topological polar surface area (TPSA) is 67.7 Å². The highest BCUT2D eigenvalue weighted by Crippen LogP contribution is 2.29. The van der Waals surface area contributed by atoms with Gasteiger partial charge in [-0.2, -0.15) is 0 Å². The number of morpholine rings is 1. The van der Waals surface area contributed by atoms with Gasteiger partial charge in [0.25, 0.3) is 5.91 Å². The molecule has 1 aliphatic rings. The molecule has 1 amide bonds. The van der Waals surface area contributed by atoms with Crippen LogP contribution in [-0.2, 0) is 11.2 Å². The van der Waals surface area contributed by atoms with Crippen molar-refractivity contribution in [2.24, 2.45) is 0 Å². The predicted octanol–water partition coefficient (Wildman–Crippen LogP) is 3.94. The SMILES string of the molecule is CCOc1ccc2cc(C(=O)N3CCOCC3c3ccc(CC)o3)[nH]c2c1. The third-order valence-electron chi connectivity index (χ3n) is 4.88. The van der Waals surface area contributed by atoms with Crippen LogP contribution in [0.1, 0.15) is 41.9 Å². The molecule has 6 nitrogen and oxygen atoms in total. The predicted molar refractivity (Wildman–Crippen MR) is 102 cm³/mol. The van der Waals surface area contributed by atoms with Crippen molar-refractivity contribution in [2.45, 2.75) is 26.3 Å². The normalized spacial score (nSPS) is 17.4. The minimum atomic E-state index is -0.211. The molecule has 4 rings (SSSR count). The molecule has 3 aromatic rings. The van der Waals surface area contributed by atoms with Crippen molar-refractivity contribution < 1.29 is 18.7 Å². The summed E-state index contributed by atoms with van der Waals surface area (Å²) in [6.07, 6.45) is 0.825. The molecule has 142 valence electrons. The smallest absolute Gasteiger partial charge is 0.271 e. The summed E-state index contributed by atoms with van der Waals surface area (Å²) < 4.78 is 17.0. The Kier molecular flexibility index (Phi) is 4.90. The first kappa shape index (κ1) is 17.7. The average molecular weight is 368 g/mol. The van der Waals surface area contributed by atoms with Gasteiger partial charge in [0.05, 0.1) is 19.8 Å². The Labute approximate surface area is 158 Å². The van der Waals surface area contributed by atoms with Crippen LogP contribution in [0.2, 0.25) is 0 Å². The number of aryl methyl sites for hydroxylation is 1. The fourth-order valence-electron chi connectivity index (χ4n) is 3.48. The molecule has 6 heteroatoms. The second-order valence-corrected chi connectivity index (χ2v) is 6.61. The Hall–Kier alpha value is -2.73. The number of aromatic amines is 1. The van der Waals surface area contributed by atoms with E-state index in [9.17, 15) is 4.79 Å². The van der Waals surface area contributed by atoms with E-state index in [1.807, 2.05) is 55.1 Å². The van der Waals surface area contributed by atoms with Gasteiger partial charge >= 0.3 is 0 Å². The van der Waals surface area contributed by atoms with Crippen LogP contribution in [0.4, 0.5) is 0 Å². The molecule has 27 heavy (non-hydrogen) atoms. The Morgan fingerprint density at radius 1 is 1.26 bits per heavy atom. The van der Waals surface area contributed by atoms with Gasteiger partial charge in [-0.3, -0.25) is 4.79 Å². The lowest BCUT2D eigenvalue weighted by Crippen LogP contribution is -2.43. The van der Waals surface area contributed by atoms with Crippen LogP contribution < -0.4 is 4.74 Å². The van der Waals surface area contributed by atoms with Crippen LogP contribution in [0.3, 0.4) is 0 Å². The summed E-state index contributed by atoms with van der Waals surface area (Å²) in [7, 11) is 0. The number of carbonyl (C=O) groups excluding carboxylic acids is 1. The first-order chi connectivity index (χ1) is 13.2. The first-order valence-electron chi connectivity index (χ1n) is 9.42. The van der Waals surface area contributed by atoms with E-state index >= 15 is 0 Å². The molecule has 1 fully saturated rings. The zero-order valence-corrected chi connectivity index (χ0v) is 15.7. The zero-order chi connectivity index (χ0) is 18.8. The van der Waals surface area contributed by atoms with E-state index in [1.54, 1.807) is 0 Å². The third-order valence-corrected chi connectivity index (χ3v) is 4.88. The maximum atomic E-state index is 13.2. The minimum absolute atomic E-state index is 0.0492. The largest absolute Gasteiger partial charge is 0.494 e. The number of nitrogens with one attached hydrogen (secondary N) is 1. The van der Waals surface area contributed by atoms with Gasteiger partial charge in [0.1, 0.15) is 29.0 Å². The highest BCUT2D eigenvalue weighted by atomic mass is 16.5. The van der Waals surface area contributed by atoms with Gasteiger partial charge in [-0.25, -0.2) is 0 Å². The molecular formula is C21H24N2O4. The van der Waals surface area contributed by atoms with Crippen molar-refractivity contribution in [2.75, 3.05) is 26.4 Å². The number of aromatic nitrogens is 1. The number of hydrogen-bond acceptors (Lipinski definition) is 4. The number of amides is 1. The van der Waals surface area contributed by atoms with Gasteiger partial charge in [0.15, 0.2) is 0 Å². The van der Waals surface area contributed by atoms with Crippen LogP contribution in [0.5, 0.6) is 5.75 Å². The molecule has 0 spiro atoms.